The molecule has 2 amide bonds. The quantitative estimate of drug-likeness (QED) is 0.739. The lowest BCUT2D eigenvalue weighted by Gasteiger charge is -2.26. The van der Waals surface area contributed by atoms with Crippen molar-refractivity contribution in [2.45, 2.75) is 45.6 Å². The maximum atomic E-state index is 11.7. The van der Waals surface area contributed by atoms with Gasteiger partial charge in [0.2, 0.25) is 11.8 Å². The van der Waals surface area contributed by atoms with Crippen molar-refractivity contribution in [3.8, 4) is 0 Å². The average molecular weight is 238 g/mol. The van der Waals surface area contributed by atoms with Crippen LogP contribution in [0, 0.1) is 5.92 Å². The summed E-state index contributed by atoms with van der Waals surface area (Å²) in [7, 11) is 0. The first-order valence-corrected chi connectivity index (χ1v) is 6.65. The summed E-state index contributed by atoms with van der Waals surface area (Å²) >= 11 is 0. The lowest BCUT2D eigenvalue weighted by Crippen LogP contribution is -2.37. The summed E-state index contributed by atoms with van der Waals surface area (Å²) in [4.78, 5) is 27.1. The van der Waals surface area contributed by atoms with Crippen molar-refractivity contribution in [3.63, 3.8) is 0 Å². The molecule has 2 atom stereocenters. The molecule has 0 aromatic rings. The van der Waals surface area contributed by atoms with Crippen molar-refractivity contribution >= 4 is 11.8 Å². The monoisotopic (exact) mass is 238 g/mol. The van der Waals surface area contributed by atoms with E-state index in [0.717, 1.165) is 32.5 Å². The predicted octanol–water partition coefficient (Wildman–Crippen LogP) is 1.26. The minimum atomic E-state index is 0.265. The summed E-state index contributed by atoms with van der Waals surface area (Å²) < 4.78 is 0. The molecule has 2 unspecified atom stereocenters. The van der Waals surface area contributed by atoms with Crippen LogP contribution in [0.1, 0.15) is 39.5 Å². The maximum absolute atomic E-state index is 11.7. The zero-order valence-corrected chi connectivity index (χ0v) is 10.8. The Morgan fingerprint density at radius 2 is 2.12 bits per heavy atom. The van der Waals surface area contributed by atoms with Crippen molar-refractivity contribution in [2.75, 3.05) is 19.6 Å². The third kappa shape index (κ3) is 2.79. The first kappa shape index (κ1) is 12.4. The number of amides is 2. The normalized spacial score (nSPS) is 27.1. The number of likely N-dealkylation sites (tertiary alicyclic amines) is 2. The molecule has 2 heterocycles. The Labute approximate surface area is 103 Å². The van der Waals surface area contributed by atoms with Gasteiger partial charge in [0.1, 0.15) is 0 Å². The van der Waals surface area contributed by atoms with E-state index in [1.165, 1.54) is 0 Å². The van der Waals surface area contributed by atoms with Gasteiger partial charge in [-0.05, 0) is 25.7 Å². The largest absolute Gasteiger partial charge is 0.343 e. The van der Waals surface area contributed by atoms with Crippen LogP contribution in [-0.2, 0) is 9.59 Å². The number of rotatable bonds is 4. The Bertz CT molecular complexity index is 317. The third-order valence-corrected chi connectivity index (χ3v) is 3.87. The molecule has 2 fully saturated rings. The SMILES string of the molecule is CC1CC(=O)N(C(C)CCN2CCCC2=O)C1. The molecule has 4 heteroatoms. The summed E-state index contributed by atoms with van der Waals surface area (Å²) in [5, 5.41) is 0. The van der Waals surface area contributed by atoms with Crippen LogP contribution in [0.25, 0.3) is 0 Å². The lowest BCUT2D eigenvalue weighted by molar-refractivity contribution is -0.129. The van der Waals surface area contributed by atoms with Crippen molar-refractivity contribution < 1.29 is 9.59 Å². The number of carbonyl (C=O) groups is 2. The van der Waals surface area contributed by atoms with E-state index in [1.807, 2.05) is 9.80 Å². The summed E-state index contributed by atoms with van der Waals surface area (Å²) in [6.07, 6.45) is 3.29. The molecule has 96 valence electrons. The smallest absolute Gasteiger partial charge is 0.223 e. The van der Waals surface area contributed by atoms with Gasteiger partial charge >= 0.3 is 0 Å². The highest BCUT2D eigenvalue weighted by Gasteiger charge is 2.30. The van der Waals surface area contributed by atoms with Crippen LogP contribution in [0.15, 0.2) is 0 Å². The standard InChI is InChI=1S/C13H22N2O2/c1-10-8-13(17)15(9-10)11(2)5-7-14-6-3-4-12(14)16/h10-11H,3-9H2,1-2H3. The van der Waals surface area contributed by atoms with E-state index >= 15 is 0 Å². The summed E-state index contributed by atoms with van der Waals surface area (Å²) in [6.45, 7) is 6.80. The Balaban J connectivity index is 1.79. The number of hydrogen-bond acceptors (Lipinski definition) is 2. The van der Waals surface area contributed by atoms with E-state index in [-0.39, 0.29) is 17.9 Å². The number of carbonyl (C=O) groups excluding carboxylic acids is 2. The van der Waals surface area contributed by atoms with E-state index in [4.69, 9.17) is 0 Å². The molecule has 0 saturated carbocycles. The lowest BCUT2D eigenvalue weighted by atomic mass is 10.1. The van der Waals surface area contributed by atoms with Crippen LogP contribution in [0.5, 0.6) is 0 Å². The molecule has 2 saturated heterocycles. The first-order chi connectivity index (χ1) is 8.08. The summed E-state index contributed by atoms with van der Waals surface area (Å²) in [5.74, 6) is 1.04. The van der Waals surface area contributed by atoms with Crippen LogP contribution >= 0.6 is 0 Å². The highest BCUT2D eigenvalue weighted by atomic mass is 16.2. The zero-order valence-electron chi connectivity index (χ0n) is 10.8. The van der Waals surface area contributed by atoms with Gasteiger partial charge in [0, 0.05) is 38.5 Å². The summed E-state index contributed by atoms with van der Waals surface area (Å²) in [5.41, 5.74) is 0. The minimum Gasteiger partial charge on any atom is -0.343 e. The Morgan fingerprint density at radius 1 is 1.35 bits per heavy atom. The number of hydrogen-bond donors (Lipinski definition) is 0. The maximum Gasteiger partial charge on any atom is 0.223 e. The van der Waals surface area contributed by atoms with Crippen molar-refractivity contribution in [1.29, 1.82) is 0 Å². The second-order valence-electron chi connectivity index (χ2n) is 5.48. The third-order valence-electron chi connectivity index (χ3n) is 3.87. The van der Waals surface area contributed by atoms with Crippen molar-refractivity contribution in [2.24, 2.45) is 5.92 Å². The van der Waals surface area contributed by atoms with E-state index in [1.54, 1.807) is 0 Å². The molecule has 2 rings (SSSR count). The number of nitrogens with zero attached hydrogens (tertiary/aromatic N) is 2. The van der Waals surface area contributed by atoms with Gasteiger partial charge in [-0.1, -0.05) is 6.92 Å². The molecule has 0 aliphatic carbocycles. The van der Waals surface area contributed by atoms with Gasteiger partial charge in [0.25, 0.3) is 0 Å². The molecule has 0 radical (unpaired) electrons. The highest BCUT2D eigenvalue weighted by Crippen LogP contribution is 2.21. The molecular weight excluding hydrogens is 216 g/mol. The molecular formula is C13H22N2O2. The fourth-order valence-corrected chi connectivity index (χ4v) is 2.78. The molecule has 0 bridgehead atoms. The Kier molecular flexibility index (Phi) is 3.69. The topological polar surface area (TPSA) is 40.6 Å². The highest BCUT2D eigenvalue weighted by molar-refractivity contribution is 5.79. The van der Waals surface area contributed by atoms with Gasteiger partial charge in [-0.2, -0.15) is 0 Å². The molecule has 17 heavy (non-hydrogen) atoms. The molecule has 0 aromatic carbocycles. The van der Waals surface area contributed by atoms with Gasteiger partial charge in [-0.25, -0.2) is 0 Å². The van der Waals surface area contributed by atoms with Gasteiger partial charge < -0.3 is 9.80 Å². The molecule has 2 aliphatic rings. The first-order valence-electron chi connectivity index (χ1n) is 6.65. The predicted molar refractivity (Wildman–Crippen MR) is 65.4 cm³/mol. The average Bonchev–Trinajstić information content (AvgIpc) is 2.81. The van der Waals surface area contributed by atoms with Crippen LogP contribution in [0.2, 0.25) is 0 Å². The van der Waals surface area contributed by atoms with Crippen LogP contribution in [-0.4, -0.2) is 47.3 Å². The molecule has 2 aliphatic heterocycles. The molecule has 4 nitrogen and oxygen atoms in total. The van der Waals surface area contributed by atoms with E-state index < -0.39 is 0 Å². The fourth-order valence-electron chi connectivity index (χ4n) is 2.78. The van der Waals surface area contributed by atoms with Crippen LogP contribution < -0.4 is 0 Å². The van der Waals surface area contributed by atoms with Gasteiger partial charge in [-0.15, -0.1) is 0 Å². The second-order valence-corrected chi connectivity index (χ2v) is 5.48. The van der Waals surface area contributed by atoms with Gasteiger partial charge in [0.05, 0.1) is 0 Å². The fraction of sp³-hybridized carbons (Fsp3) is 0.846. The molecule has 0 N–H and O–H groups in total. The van der Waals surface area contributed by atoms with Gasteiger partial charge in [-0.3, -0.25) is 9.59 Å². The molecule has 0 spiro atoms. The van der Waals surface area contributed by atoms with Crippen molar-refractivity contribution in [3.05, 3.63) is 0 Å². The minimum absolute atomic E-state index is 0.265. The van der Waals surface area contributed by atoms with Crippen molar-refractivity contribution in [1.82, 2.24) is 9.80 Å². The van der Waals surface area contributed by atoms with E-state index in [2.05, 4.69) is 13.8 Å². The van der Waals surface area contributed by atoms with Crippen LogP contribution in [0.4, 0.5) is 0 Å². The Morgan fingerprint density at radius 3 is 2.65 bits per heavy atom. The van der Waals surface area contributed by atoms with E-state index in [9.17, 15) is 9.59 Å². The second kappa shape index (κ2) is 5.07. The summed E-state index contributed by atoms with van der Waals surface area (Å²) in [6, 6.07) is 0.265. The van der Waals surface area contributed by atoms with Crippen LogP contribution in [0.3, 0.4) is 0 Å². The van der Waals surface area contributed by atoms with Gasteiger partial charge in [0.15, 0.2) is 0 Å². The molecule has 0 aromatic heterocycles. The van der Waals surface area contributed by atoms with E-state index in [0.29, 0.717) is 18.8 Å². The Hall–Kier alpha value is -1.06. The zero-order chi connectivity index (χ0) is 12.4.